The van der Waals surface area contributed by atoms with Gasteiger partial charge in [-0.1, -0.05) is 0 Å². The molecule has 0 fully saturated rings. The standard InChI is InChI=1S/C6H11N3O/c1-4(2)9-5(10)3-8-6(9)7/h3-4,10H,1-2H3,(H2,7,8). The zero-order valence-corrected chi connectivity index (χ0v) is 6.07. The highest BCUT2D eigenvalue weighted by molar-refractivity contribution is 5.26. The number of hydrogen-bond donors (Lipinski definition) is 2. The van der Waals surface area contributed by atoms with Gasteiger partial charge in [0.05, 0.1) is 6.20 Å². The zero-order chi connectivity index (χ0) is 7.72. The summed E-state index contributed by atoms with van der Waals surface area (Å²) in [5.74, 6) is 0.472. The van der Waals surface area contributed by atoms with Gasteiger partial charge in [0.1, 0.15) is 0 Å². The van der Waals surface area contributed by atoms with E-state index in [2.05, 4.69) is 4.98 Å². The minimum absolute atomic E-state index is 0.118. The Balaban J connectivity index is 3.10. The van der Waals surface area contributed by atoms with Crippen LogP contribution < -0.4 is 5.73 Å². The van der Waals surface area contributed by atoms with Crippen molar-refractivity contribution in [3.05, 3.63) is 6.20 Å². The van der Waals surface area contributed by atoms with Crippen molar-refractivity contribution in [1.29, 1.82) is 0 Å². The molecule has 0 aliphatic heterocycles. The largest absolute Gasteiger partial charge is 0.493 e. The normalized spacial score (nSPS) is 10.7. The molecule has 1 rings (SSSR count). The van der Waals surface area contributed by atoms with Crippen LogP contribution in [0.15, 0.2) is 6.20 Å². The third-order valence-corrected chi connectivity index (χ3v) is 1.32. The second-order valence-electron chi connectivity index (χ2n) is 2.44. The Labute approximate surface area is 59.3 Å². The van der Waals surface area contributed by atoms with Crippen molar-refractivity contribution in [2.75, 3.05) is 5.73 Å². The topological polar surface area (TPSA) is 64.1 Å². The molecule has 0 saturated heterocycles. The molecule has 0 atom stereocenters. The fraction of sp³-hybridized carbons (Fsp3) is 0.500. The van der Waals surface area contributed by atoms with E-state index in [4.69, 9.17) is 10.8 Å². The summed E-state index contributed by atoms with van der Waals surface area (Å²) >= 11 is 0. The van der Waals surface area contributed by atoms with Gasteiger partial charge < -0.3 is 10.8 Å². The Bertz CT molecular complexity index is 209. The lowest BCUT2D eigenvalue weighted by atomic mass is 10.4. The van der Waals surface area contributed by atoms with Crippen LogP contribution in [0, 0.1) is 0 Å². The maximum Gasteiger partial charge on any atom is 0.213 e. The van der Waals surface area contributed by atoms with E-state index in [-0.39, 0.29) is 11.9 Å². The molecule has 1 aromatic rings. The zero-order valence-electron chi connectivity index (χ0n) is 6.07. The van der Waals surface area contributed by atoms with E-state index in [1.54, 1.807) is 4.57 Å². The van der Waals surface area contributed by atoms with Gasteiger partial charge in [-0.2, -0.15) is 0 Å². The van der Waals surface area contributed by atoms with Crippen molar-refractivity contribution in [3.8, 4) is 5.88 Å². The fourth-order valence-electron chi connectivity index (χ4n) is 0.895. The third-order valence-electron chi connectivity index (χ3n) is 1.32. The summed E-state index contributed by atoms with van der Waals surface area (Å²) in [5, 5.41) is 9.12. The summed E-state index contributed by atoms with van der Waals surface area (Å²) < 4.78 is 1.56. The number of anilines is 1. The number of rotatable bonds is 1. The van der Waals surface area contributed by atoms with Crippen LogP contribution in [0.25, 0.3) is 0 Å². The molecule has 1 heterocycles. The molecule has 3 N–H and O–H groups in total. The van der Waals surface area contributed by atoms with Gasteiger partial charge in [0.15, 0.2) is 0 Å². The van der Waals surface area contributed by atoms with Crippen LogP contribution in [0.5, 0.6) is 5.88 Å². The number of nitrogens with zero attached hydrogens (tertiary/aromatic N) is 2. The quantitative estimate of drug-likeness (QED) is 0.606. The first kappa shape index (κ1) is 6.92. The lowest BCUT2D eigenvalue weighted by Gasteiger charge is -2.08. The van der Waals surface area contributed by atoms with Crippen molar-refractivity contribution in [1.82, 2.24) is 9.55 Å². The number of nitrogen functional groups attached to an aromatic ring is 1. The molecule has 56 valence electrons. The van der Waals surface area contributed by atoms with Gasteiger partial charge >= 0.3 is 0 Å². The third kappa shape index (κ3) is 0.920. The van der Waals surface area contributed by atoms with Gasteiger partial charge in [-0.15, -0.1) is 0 Å². The first-order valence-electron chi connectivity index (χ1n) is 3.14. The summed E-state index contributed by atoms with van der Waals surface area (Å²) in [6.07, 6.45) is 1.34. The smallest absolute Gasteiger partial charge is 0.213 e. The van der Waals surface area contributed by atoms with E-state index in [1.807, 2.05) is 13.8 Å². The Hall–Kier alpha value is -1.19. The average Bonchev–Trinajstić information content (AvgIpc) is 2.11. The number of nitrogens with two attached hydrogens (primary N) is 1. The molecular weight excluding hydrogens is 130 g/mol. The van der Waals surface area contributed by atoms with Crippen molar-refractivity contribution in [2.45, 2.75) is 19.9 Å². The molecular formula is C6H11N3O. The van der Waals surface area contributed by atoms with E-state index in [1.165, 1.54) is 6.20 Å². The molecule has 1 aromatic heterocycles. The summed E-state index contributed by atoms with van der Waals surface area (Å²) in [6, 6.07) is 0.155. The highest BCUT2D eigenvalue weighted by atomic mass is 16.3. The molecule has 0 aliphatic carbocycles. The van der Waals surface area contributed by atoms with E-state index in [0.717, 1.165) is 0 Å². The lowest BCUT2D eigenvalue weighted by Crippen LogP contribution is -2.04. The van der Waals surface area contributed by atoms with Gasteiger partial charge in [-0.3, -0.25) is 4.57 Å². The van der Waals surface area contributed by atoms with Gasteiger partial charge in [-0.05, 0) is 13.8 Å². The molecule has 0 bridgehead atoms. The maximum atomic E-state index is 9.12. The summed E-state index contributed by atoms with van der Waals surface area (Å²) in [7, 11) is 0. The Morgan fingerprint density at radius 1 is 1.70 bits per heavy atom. The second-order valence-corrected chi connectivity index (χ2v) is 2.44. The van der Waals surface area contributed by atoms with Gasteiger partial charge in [0.25, 0.3) is 0 Å². The first-order valence-corrected chi connectivity index (χ1v) is 3.14. The molecule has 0 spiro atoms. The van der Waals surface area contributed by atoms with Gasteiger partial charge in [-0.25, -0.2) is 4.98 Å². The highest BCUT2D eigenvalue weighted by Gasteiger charge is 2.07. The van der Waals surface area contributed by atoms with Gasteiger partial charge in [0.2, 0.25) is 11.8 Å². The predicted octanol–water partition coefficient (Wildman–Crippen LogP) is 0.752. The monoisotopic (exact) mass is 141 g/mol. The molecule has 0 radical (unpaired) electrons. The van der Waals surface area contributed by atoms with E-state index < -0.39 is 0 Å². The van der Waals surface area contributed by atoms with Crippen molar-refractivity contribution >= 4 is 5.95 Å². The molecule has 4 heteroatoms. The molecule has 0 aromatic carbocycles. The minimum Gasteiger partial charge on any atom is -0.493 e. The SMILES string of the molecule is CC(C)n1c(O)cnc1N. The van der Waals surface area contributed by atoms with Gasteiger partial charge in [0, 0.05) is 6.04 Å². The Morgan fingerprint density at radius 2 is 2.30 bits per heavy atom. The van der Waals surface area contributed by atoms with E-state index in [0.29, 0.717) is 5.95 Å². The summed E-state index contributed by atoms with van der Waals surface area (Å²) in [6.45, 7) is 3.86. The molecule has 10 heavy (non-hydrogen) atoms. The van der Waals surface area contributed by atoms with Crippen molar-refractivity contribution in [3.63, 3.8) is 0 Å². The van der Waals surface area contributed by atoms with Crippen LogP contribution >= 0.6 is 0 Å². The van der Waals surface area contributed by atoms with Crippen LogP contribution in [0.1, 0.15) is 19.9 Å². The highest BCUT2D eigenvalue weighted by Crippen LogP contribution is 2.19. The Morgan fingerprint density at radius 3 is 2.50 bits per heavy atom. The Kier molecular flexibility index (Phi) is 1.53. The van der Waals surface area contributed by atoms with Crippen molar-refractivity contribution < 1.29 is 5.11 Å². The van der Waals surface area contributed by atoms with Crippen LogP contribution in [-0.4, -0.2) is 14.7 Å². The molecule has 4 nitrogen and oxygen atoms in total. The minimum atomic E-state index is 0.118. The first-order chi connectivity index (χ1) is 4.63. The molecule has 0 saturated carbocycles. The van der Waals surface area contributed by atoms with Crippen molar-refractivity contribution in [2.24, 2.45) is 0 Å². The lowest BCUT2D eigenvalue weighted by molar-refractivity contribution is 0.403. The number of aromatic nitrogens is 2. The summed E-state index contributed by atoms with van der Waals surface area (Å²) in [4.78, 5) is 3.73. The van der Waals surface area contributed by atoms with E-state index >= 15 is 0 Å². The van der Waals surface area contributed by atoms with Crippen LogP contribution in [0.3, 0.4) is 0 Å². The van der Waals surface area contributed by atoms with E-state index in [9.17, 15) is 0 Å². The fourth-order valence-corrected chi connectivity index (χ4v) is 0.895. The van der Waals surface area contributed by atoms with Crippen LogP contribution in [0.4, 0.5) is 5.95 Å². The maximum absolute atomic E-state index is 9.12. The van der Waals surface area contributed by atoms with Crippen LogP contribution in [-0.2, 0) is 0 Å². The summed E-state index contributed by atoms with van der Waals surface area (Å²) in [5.41, 5.74) is 5.43. The van der Waals surface area contributed by atoms with Crippen LogP contribution in [0.2, 0.25) is 0 Å². The molecule has 0 amide bonds. The number of aromatic hydroxyl groups is 1. The number of hydrogen-bond acceptors (Lipinski definition) is 3. The number of imidazole rings is 1. The average molecular weight is 141 g/mol. The molecule has 0 aliphatic rings. The predicted molar refractivity (Wildman–Crippen MR) is 38.7 cm³/mol. The second kappa shape index (κ2) is 2.21. The molecule has 0 unspecified atom stereocenters.